The zero-order valence-corrected chi connectivity index (χ0v) is 25.1. The van der Waals surface area contributed by atoms with Crippen molar-refractivity contribution in [3.8, 4) is 0 Å². The number of aliphatic hydroxyl groups excluding tert-OH is 1. The van der Waals surface area contributed by atoms with E-state index in [1.54, 1.807) is 22.0 Å². The van der Waals surface area contributed by atoms with E-state index in [0.717, 1.165) is 29.7 Å². The van der Waals surface area contributed by atoms with Crippen LogP contribution in [0.2, 0.25) is 0 Å². The van der Waals surface area contributed by atoms with E-state index in [9.17, 15) is 14.4 Å². The van der Waals surface area contributed by atoms with Gasteiger partial charge in [-0.05, 0) is 56.7 Å². The molecule has 0 aliphatic carbocycles. The zero-order chi connectivity index (χ0) is 29.0. The summed E-state index contributed by atoms with van der Waals surface area (Å²) in [5, 5.41) is 9.17. The van der Waals surface area contributed by atoms with Crippen LogP contribution in [0.1, 0.15) is 49.7 Å². The molecule has 3 saturated heterocycles. The Bertz CT molecular complexity index is 1140. The second-order valence-corrected chi connectivity index (χ2v) is 12.3. The summed E-state index contributed by atoms with van der Waals surface area (Å²) in [6.07, 6.45) is 6.77. The number of hydrogen-bond donors (Lipinski definition) is 1. The van der Waals surface area contributed by atoms with Gasteiger partial charge in [0.1, 0.15) is 11.6 Å². The predicted molar refractivity (Wildman–Crippen MR) is 157 cm³/mol. The van der Waals surface area contributed by atoms with Crippen molar-refractivity contribution in [3.63, 3.8) is 0 Å². The van der Waals surface area contributed by atoms with Crippen molar-refractivity contribution in [2.45, 2.75) is 74.9 Å². The number of hydrogen-bond acceptors (Lipinski definition) is 6. The molecule has 0 radical (unpaired) electrons. The number of unbranched alkanes of at least 4 members (excludes halogenated alkanes) is 3. The lowest BCUT2D eigenvalue weighted by atomic mass is 9.70. The number of likely N-dealkylation sites (tertiary alicyclic amines) is 1. The summed E-state index contributed by atoms with van der Waals surface area (Å²) in [6.45, 7) is 12.5. The van der Waals surface area contributed by atoms with Crippen LogP contribution in [0.25, 0.3) is 0 Å². The topological polar surface area (TPSA) is 96.4 Å². The molecule has 218 valence electrons. The quantitative estimate of drug-likeness (QED) is 0.145. The van der Waals surface area contributed by atoms with Crippen molar-refractivity contribution in [2.24, 2.45) is 11.8 Å². The summed E-state index contributed by atoms with van der Waals surface area (Å²) >= 11 is 3.71. The smallest absolute Gasteiger partial charge is 0.312 e. The Morgan fingerprint density at radius 3 is 2.67 bits per heavy atom. The van der Waals surface area contributed by atoms with Crippen LogP contribution in [0.3, 0.4) is 0 Å². The van der Waals surface area contributed by atoms with Crippen molar-refractivity contribution in [1.82, 2.24) is 4.90 Å². The SMILES string of the molecule is C=CCCOC(=O)[C@H]1[C@H]2C(=O)N(CCCCCCO)C(C(=O)N(CC=C)c3cc(C)ccc3C)C23CC(Br)[C@@H]1O3. The van der Waals surface area contributed by atoms with Gasteiger partial charge in [-0.1, -0.05) is 53.1 Å². The third-order valence-electron chi connectivity index (χ3n) is 8.40. The number of nitrogens with zero attached hydrogens (tertiary/aromatic N) is 2. The molecule has 6 atom stereocenters. The highest BCUT2D eigenvalue weighted by Gasteiger charge is 2.77. The van der Waals surface area contributed by atoms with Gasteiger partial charge in [-0.2, -0.15) is 0 Å². The van der Waals surface area contributed by atoms with Crippen molar-refractivity contribution in [2.75, 3.05) is 31.2 Å². The van der Waals surface area contributed by atoms with E-state index >= 15 is 0 Å². The third kappa shape index (κ3) is 5.52. The molecule has 0 aromatic heterocycles. The van der Waals surface area contributed by atoms with Gasteiger partial charge in [-0.3, -0.25) is 14.4 Å². The molecule has 0 saturated carbocycles. The van der Waals surface area contributed by atoms with E-state index in [-0.39, 0.29) is 36.4 Å². The molecule has 3 fully saturated rings. The Morgan fingerprint density at radius 1 is 1.23 bits per heavy atom. The number of aryl methyl sites for hydroxylation is 2. The number of anilines is 1. The molecule has 1 aromatic carbocycles. The molecule has 1 N–H and O–H groups in total. The fraction of sp³-hybridized carbons (Fsp3) is 0.581. The maximum Gasteiger partial charge on any atom is 0.312 e. The minimum Gasteiger partial charge on any atom is -0.465 e. The van der Waals surface area contributed by atoms with Crippen molar-refractivity contribution in [1.29, 1.82) is 0 Å². The molecule has 3 unspecified atom stereocenters. The van der Waals surface area contributed by atoms with Crippen molar-refractivity contribution < 1.29 is 29.0 Å². The average Bonchev–Trinajstić information content (AvgIpc) is 3.52. The molecule has 3 aliphatic rings. The summed E-state index contributed by atoms with van der Waals surface area (Å²) in [4.78, 5) is 45.3. The van der Waals surface area contributed by atoms with E-state index in [4.69, 9.17) is 14.6 Å². The monoisotopic (exact) mass is 616 g/mol. The van der Waals surface area contributed by atoms with E-state index < -0.39 is 35.6 Å². The van der Waals surface area contributed by atoms with Gasteiger partial charge in [0.05, 0.1) is 24.5 Å². The van der Waals surface area contributed by atoms with Crippen LogP contribution < -0.4 is 4.90 Å². The second-order valence-electron chi connectivity index (χ2n) is 11.1. The predicted octanol–water partition coefficient (Wildman–Crippen LogP) is 4.24. The molecule has 2 amide bonds. The number of ether oxygens (including phenoxy) is 2. The largest absolute Gasteiger partial charge is 0.465 e. The number of aliphatic hydroxyl groups is 1. The van der Waals surface area contributed by atoms with Crippen LogP contribution in [0.5, 0.6) is 0 Å². The van der Waals surface area contributed by atoms with Gasteiger partial charge in [0.15, 0.2) is 0 Å². The number of alkyl halides is 1. The van der Waals surface area contributed by atoms with E-state index in [2.05, 4.69) is 29.1 Å². The van der Waals surface area contributed by atoms with E-state index in [1.807, 2.05) is 32.0 Å². The maximum atomic E-state index is 14.6. The highest BCUT2D eigenvalue weighted by Crippen LogP contribution is 2.60. The van der Waals surface area contributed by atoms with Gasteiger partial charge in [-0.15, -0.1) is 13.2 Å². The highest BCUT2D eigenvalue weighted by atomic mass is 79.9. The Labute approximate surface area is 245 Å². The summed E-state index contributed by atoms with van der Waals surface area (Å²) in [5.41, 5.74) is 1.58. The van der Waals surface area contributed by atoms with E-state index in [1.165, 1.54) is 0 Å². The van der Waals surface area contributed by atoms with Crippen LogP contribution >= 0.6 is 15.9 Å². The van der Waals surface area contributed by atoms with Crippen LogP contribution in [0.4, 0.5) is 5.69 Å². The van der Waals surface area contributed by atoms with Gasteiger partial charge in [0.25, 0.3) is 5.91 Å². The number of esters is 1. The van der Waals surface area contributed by atoms with Crippen molar-refractivity contribution >= 4 is 39.4 Å². The molecular formula is C31H41BrN2O6. The lowest BCUT2D eigenvalue weighted by molar-refractivity contribution is -0.154. The summed E-state index contributed by atoms with van der Waals surface area (Å²) in [7, 11) is 0. The molecule has 40 heavy (non-hydrogen) atoms. The first-order valence-electron chi connectivity index (χ1n) is 14.2. The van der Waals surface area contributed by atoms with E-state index in [0.29, 0.717) is 32.2 Å². The Balaban J connectivity index is 1.73. The Hall–Kier alpha value is -2.49. The number of carbonyl (C=O) groups excluding carboxylic acids is 3. The molecular weight excluding hydrogens is 576 g/mol. The van der Waals surface area contributed by atoms with Gasteiger partial charge < -0.3 is 24.4 Å². The van der Waals surface area contributed by atoms with Gasteiger partial charge in [0, 0.05) is 30.2 Å². The summed E-state index contributed by atoms with van der Waals surface area (Å²) < 4.78 is 12.1. The minimum atomic E-state index is -1.14. The lowest BCUT2D eigenvalue weighted by Gasteiger charge is -2.37. The fourth-order valence-electron chi connectivity index (χ4n) is 6.60. The molecule has 9 heteroatoms. The van der Waals surface area contributed by atoms with Crippen LogP contribution in [0.15, 0.2) is 43.5 Å². The number of fused-ring (bicyclic) bond motifs is 1. The van der Waals surface area contributed by atoms with Gasteiger partial charge >= 0.3 is 5.97 Å². The zero-order valence-electron chi connectivity index (χ0n) is 23.5. The molecule has 3 aliphatic heterocycles. The van der Waals surface area contributed by atoms with Crippen LogP contribution in [-0.4, -0.2) is 76.7 Å². The first-order chi connectivity index (χ1) is 19.2. The fourth-order valence-corrected chi connectivity index (χ4v) is 7.54. The summed E-state index contributed by atoms with van der Waals surface area (Å²) in [5.74, 6) is -2.52. The van der Waals surface area contributed by atoms with Crippen molar-refractivity contribution in [3.05, 3.63) is 54.6 Å². The first kappa shape index (κ1) is 30.5. The number of benzene rings is 1. The third-order valence-corrected chi connectivity index (χ3v) is 9.25. The Kier molecular flexibility index (Phi) is 9.90. The number of amides is 2. The number of halogens is 1. The van der Waals surface area contributed by atoms with Gasteiger partial charge in [-0.25, -0.2) is 0 Å². The molecule has 2 bridgehead atoms. The van der Waals surface area contributed by atoms with Crippen LogP contribution in [-0.2, 0) is 23.9 Å². The average molecular weight is 618 g/mol. The Morgan fingerprint density at radius 2 is 1.98 bits per heavy atom. The van der Waals surface area contributed by atoms with Crippen LogP contribution in [0, 0.1) is 25.7 Å². The molecule has 4 rings (SSSR count). The molecule has 8 nitrogen and oxygen atoms in total. The normalized spacial score (nSPS) is 28.4. The van der Waals surface area contributed by atoms with Gasteiger partial charge in [0.2, 0.25) is 5.91 Å². The standard InChI is InChI=1S/C31H41BrN2O6/c1-5-7-17-39-30(38)24-25-28(36)34(15-10-8-9-11-16-35)27(31(25)19-22(32)26(24)40-31)29(37)33(14-6-2)23-18-20(3)12-13-21(23)4/h5-6,12-13,18,22,24-27,35H,1-2,7-11,14-17,19H2,3-4H3/t22?,24-,25-,26-,27?,31?/m0/s1. The molecule has 1 spiro atoms. The number of carbonyl (C=O) groups is 3. The maximum absolute atomic E-state index is 14.6. The highest BCUT2D eigenvalue weighted by molar-refractivity contribution is 9.09. The molecule has 1 aromatic rings. The minimum absolute atomic E-state index is 0.124. The second kappa shape index (κ2) is 13.0. The summed E-state index contributed by atoms with van der Waals surface area (Å²) in [6, 6.07) is 5.07. The lowest BCUT2D eigenvalue weighted by Crippen LogP contribution is -2.57. The number of rotatable bonds is 14. The molecule has 3 heterocycles. The first-order valence-corrected chi connectivity index (χ1v) is 15.1.